The molecule has 10 heteroatoms. The van der Waals surface area contributed by atoms with E-state index < -0.39 is 18.5 Å². The van der Waals surface area contributed by atoms with Crippen molar-refractivity contribution in [2.45, 2.75) is 20.4 Å². The number of carbonyl (C=O) groups is 2. The number of hydrogen-bond acceptors (Lipinski definition) is 5. The molecular formula is C21H18Cl3N3O4. The first-order valence-electron chi connectivity index (χ1n) is 9.28. The van der Waals surface area contributed by atoms with Crippen LogP contribution >= 0.6 is 34.8 Å². The van der Waals surface area contributed by atoms with Crippen LogP contribution in [0.3, 0.4) is 0 Å². The van der Waals surface area contributed by atoms with E-state index >= 15 is 0 Å². The molecule has 3 rings (SSSR count). The van der Waals surface area contributed by atoms with Gasteiger partial charge in [-0.15, -0.1) is 0 Å². The molecule has 162 valence electrons. The first-order chi connectivity index (χ1) is 14.7. The molecule has 1 aromatic heterocycles. The number of amides is 1. The number of hydrogen-bond donors (Lipinski definition) is 1. The molecule has 7 nitrogen and oxygen atoms in total. The smallest absolute Gasteiger partial charge is 0.359 e. The molecule has 3 aromatic rings. The number of esters is 1. The van der Waals surface area contributed by atoms with Crippen LogP contribution in [0, 0.1) is 5.92 Å². The van der Waals surface area contributed by atoms with Crippen LogP contribution in [-0.4, -0.2) is 28.3 Å². The summed E-state index contributed by atoms with van der Waals surface area (Å²) in [5, 5.41) is 8.02. The van der Waals surface area contributed by atoms with Crippen LogP contribution in [0.2, 0.25) is 15.1 Å². The molecule has 0 radical (unpaired) electrons. The van der Waals surface area contributed by atoms with Gasteiger partial charge in [-0.2, -0.15) is 5.10 Å². The zero-order valence-electron chi connectivity index (χ0n) is 16.6. The Morgan fingerprint density at radius 2 is 1.71 bits per heavy atom. The highest BCUT2D eigenvalue weighted by molar-refractivity contribution is 6.44. The summed E-state index contributed by atoms with van der Waals surface area (Å²) in [7, 11) is 0. The fourth-order valence-electron chi connectivity index (χ4n) is 2.86. The van der Waals surface area contributed by atoms with E-state index in [9.17, 15) is 14.4 Å². The molecule has 0 unspecified atom stereocenters. The summed E-state index contributed by atoms with van der Waals surface area (Å²) in [6.45, 7) is 3.61. The lowest BCUT2D eigenvalue weighted by Gasteiger charge is -2.12. The van der Waals surface area contributed by atoms with E-state index in [1.54, 1.807) is 24.3 Å². The zero-order chi connectivity index (χ0) is 22.7. The lowest BCUT2D eigenvalue weighted by atomic mass is 10.1. The number of halogens is 3. The Kier molecular flexibility index (Phi) is 7.20. The molecule has 1 amide bonds. The lowest BCUT2D eigenvalue weighted by molar-refractivity contribution is -0.119. The van der Waals surface area contributed by atoms with E-state index in [4.69, 9.17) is 39.5 Å². The quantitative estimate of drug-likeness (QED) is 0.402. The number of anilines is 1. The summed E-state index contributed by atoms with van der Waals surface area (Å²) in [6, 6.07) is 9.39. The van der Waals surface area contributed by atoms with E-state index in [1.165, 1.54) is 16.8 Å². The average Bonchev–Trinajstić information content (AvgIpc) is 2.72. The minimum Gasteiger partial charge on any atom is -0.451 e. The normalized spacial score (nSPS) is 11.0. The second kappa shape index (κ2) is 9.68. The van der Waals surface area contributed by atoms with Crippen molar-refractivity contribution in [3.63, 3.8) is 0 Å². The molecule has 0 aliphatic heterocycles. The Balaban J connectivity index is 1.80. The van der Waals surface area contributed by atoms with E-state index in [-0.39, 0.29) is 37.9 Å². The Morgan fingerprint density at radius 3 is 2.39 bits per heavy atom. The summed E-state index contributed by atoms with van der Waals surface area (Å²) < 4.78 is 6.37. The number of nitrogens with zero attached hydrogens (tertiary/aromatic N) is 2. The van der Waals surface area contributed by atoms with Gasteiger partial charge in [0.05, 0.1) is 26.1 Å². The van der Waals surface area contributed by atoms with Crippen molar-refractivity contribution < 1.29 is 14.3 Å². The third kappa shape index (κ3) is 5.36. The standard InChI is InChI=1S/C21H18Cl3N3O4/c1-11(2)9-27-20(29)13-6-4-3-5-12(13)19(26-27)21(30)31-10-18(28)25-17-8-15(23)14(22)7-16(17)24/h3-8,11H,9-10H2,1-2H3,(H,25,28). The Hall–Kier alpha value is -2.61. The highest BCUT2D eigenvalue weighted by Gasteiger charge is 2.20. The average molecular weight is 483 g/mol. The molecule has 0 fully saturated rings. The van der Waals surface area contributed by atoms with Crippen LogP contribution < -0.4 is 10.9 Å². The molecule has 0 saturated carbocycles. The first-order valence-corrected chi connectivity index (χ1v) is 10.4. The van der Waals surface area contributed by atoms with Crippen LogP contribution in [0.1, 0.15) is 24.3 Å². The molecule has 1 N–H and O–H groups in total. The Morgan fingerprint density at radius 1 is 1.06 bits per heavy atom. The largest absolute Gasteiger partial charge is 0.451 e. The zero-order valence-corrected chi connectivity index (χ0v) is 18.9. The van der Waals surface area contributed by atoms with Gasteiger partial charge in [0.25, 0.3) is 11.5 Å². The summed E-state index contributed by atoms with van der Waals surface area (Å²) in [6.07, 6.45) is 0. The fourth-order valence-corrected chi connectivity index (χ4v) is 3.45. The Labute approximate surface area is 192 Å². The van der Waals surface area contributed by atoms with E-state index in [0.717, 1.165) is 0 Å². The number of rotatable bonds is 6. The maximum Gasteiger partial charge on any atom is 0.359 e. The summed E-state index contributed by atoms with van der Waals surface area (Å²) in [5.74, 6) is -1.32. The van der Waals surface area contributed by atoms with Gasteiger partial charge in [-0.25, -0.2) is 9.48 Å². The van der Waals surface area contributed by atoms with Gasteiger partial charge in [-0.1, -0.05) is 66.8 Å². The second-order valence-electron chi connectivity index (χ2n) is 7.15. The maximum absolute atomic E-state index is 12.7. The molecule has 1 heterocycles. The summed E-state index contributed by atoms with van der Waals surface area (Å²) in [4.78, 5) is 37.6. The van der Waals surface area contributed by atoms with Crippen molar-refractivity contribution in [1.29, 1.82) is 0 Å². The van der Waals surface area contributed by atoms with Gasteiger partial charge in [-0.3, -0.25) is 9.59 Å². The van der Waals surface area contributed by atoms with E-state index in [1.807, 2.05) is 13.8 Å². The van der Waals surface area contributed by atoms with Gasteiger partial charge < -0.3 is 10.1 Å². The highest BCUT2D eigenvalue weighted by Crippen LogP contribution is 2.32. The lowest BCUT2D eigenvalue weighted by Crippen LogP contribution is -2.29. The molecule has 0 spiro atoms. The number of aromatic nitrogens is 2. The van der Waals surface area contributed by atoms with E-state index in [0.29, 0.717) is 17.3 Å². The third-order valence-electron chi connectivity index (χ3n) is 4.22. The van der Waals surface area contributed by atoms with E-state index in [2.05, 4.69) is 10.4 Å². The second-order valence-corrected chi connectivity index (χ2v) is 8.37. The SMILES string of the molecule is CC(C)Cn1nc(C(=O)OCC(=O)Nc2cc(Cl)c(Cl)cc2Cl)c2ccccc2c1=O. The van der Waals surface area contributed by atoms with Gasteiger partial charge in [-0.05, 0) is 24.1 Å². The minimum absolute atomic E-state index is 0.0452. The number of carbonyl (C=O) groups excluding carboxylic acids is 2. The minimum atomic E-state index is -0.830. The molecule has 2 aromatic carbocycles. The van der Waals surface area contributed by atoms with Crippen molar-refractivity contribution in [1.82, 2.24) is 9.78 Å². The molecule has 0 atom stereocenters. The van der Waals surface area contributed by atoms with Gasteiger partial charge in [0, 0.05) is 11.9 Å². The van der Waals surface area contributed by atoms with Crippen molar-refractivity contribution in [3.8, 4) is 0 Å². The molecule has 0 saturated heterocycles. The van der Waals surface area contributed by atoms with Crippen LogP contribution in [0.4, 0.5) is 5.69 Å². The first kappa shape index (κ1) is 23.1. The molecular weight excluding hydrogens is 465 g/mol. The number of fused-ring (bicyclic) bond motifs is 1. The molecule has 31 heavy (non-hydrogen) atoms. The third-order valence-corrected chi connectivity index (χ3v) is 5.25. The van der Waals surface area contributed by atoms with Crippen LogP contribution in [0.25, 0.3) is 10.8 Å². The highest BCUT2D eigenvalue weighted by atomic mass is 35.5. The van der Waals surface area contributed by atoms with Crippen molar-refractivity contribution in [2.24, 2.45) is 5.92 Å². The van der Waals surface area contributed by atoms with Crippen molar-refractivity contribution >= 4 is 63.1 Å². The molecule has 0 aliphatic rings. The Bertz CT molecular complexity index is 1220. The maximum atomic E-state index is 12.7. The predicted molar refractivity (Wildman–Crippen MR) is 121 cm³/mol. The van der Waals surface area contributed by atoms with Crippen LogP contribution in [-0.2, 0) is 16.1 Å². The monoisotopic (exact) mass is 481 g/mol. The van der Waals surface area contributed by atoms with Crippen molar-refractivity contribution in [3.05, 3.63) is 67.5 Å². The van der Waals surface area contributed by atoms with Gasteiger partial charge >= 0.3 is 5.97 Å². The van der Waals surface area contributed by atoms with Crippen molar-refractivity contribution in [2.75, 3.05) is 11.9 Å². The van der Waals surface area contributed by atoms with Crippen LogP contribution in [0.5, 0.6) is 0 Å². The molecule has 0 bridgehead atoms. The van der Waals surface area contributed by atoms with Gasteiger partial charge in [0.1, 0.15) is 0 Å². The topological polar surface area (TPSA) is 90.3 Å². The number of nitrogens with one attached hydrogen (secondary N) is 1. The van der Waals surface area contributed by atoms with Gasteiger partial charge in [0.2, 0.25) is 0 Å². The predicted octanol–water partition coefficient (Wildman–Crippen LogP) is 4.81. The molecule has 0 aliphatic carbocycles. The summed E-state index contributed by atoms with van der Waals surface area (Å²) >= 11 is 17.8. The fraction of sp³-hybridized carbons (Fsp3) is 0.238. The van der Waals surface area contributed by atoms with Gasteiger partial charge in [0.15, 0.2) is 12.3 Å². The summed E-state index contributed by atoms with van der Waals surface area (Å²) in [5.41, 5.74) is -0.116. The number of ether oxygens (including phenoxy) is 1. The number of benzene rings is 2. The van der Waals surface area contributed by atoms with Crippen LogP contribution in [0.15, 0.2) is 41.2 Å².